The van der Waals surface area contributed by atoms with Gasteiger partial charge < -0.3 is 30.9 Å². The second kappa shape index (κ2) is 12.8. The summed E-state index contributed by atoms with van der Waals surface area (Å²) in [6.07, 6.45) is 3.23. The van der Waals surface area contributed by atoms with Gasteiger partial charge in [0.15, 0.2) is 11.5 Å². The van der Waals surface area contributed by atoms with E-state index in [1.807, 2.05) is 29.2 Å². The minimum Gasteiger partial charge on any atom is -0.378 e. The fourth-order valence-corrected chi connectivity index (χ4v) is 5.27. The van der Waals surface area contributed by atoms with Crippen molar-refractivity contribution >= 4 is 35.0 Å². The Labute approximate surface area is 251 Å². The van der Waals surface area contributed by atoms with Crippen LogP contribution in [0.4, 0.5) is 17.3 Å². The first-order valence-corrected chi connectivity index (χ1v) is 14.7. The fraction of sp³-hybridized carbons (Fsp3) is 0.406. The molecule has 2 aromatic carbocycles. The molecular formula is C32H39N7O4. The molecule has 43 heavy (non-hydrogen) atoms. The zero-order valence-corrected chi connectivity index (χ0v) is 24.9. The van der Waals surface area contributed by atoms with Gasteiger partial charge >= 0.3 is 0 Å². The summed E-state index contributed by atoms with van der Waals surface area (Å²) in [5.41, 5.74) is 8.63. The summed E-state index contributed by atoms with van der Waals surface area (Å²) in [5.74, 6) is -0.0760. The molecule has 2 aliphatic heterocycles. The van der Waals surface area contributed by atoms with Crippen LogP contribution in [-0.4, -0.2) is 78.0 Å². The third-order valence-electron chi connectivity index (χ3n) is 7.78. The van der Waals surface area contributed by atoms with Gasteiger partial charge in [0.05, 0.1) is 19.4 Å². The highest BCUT2D eigenvalue weighted by Crippen LogP contribution is 2.25. The highest BCUT2D eigenvalue weighted by Gasteiger charge is 2.25. The van der Waals surface area contributed by atoms with Crippen LogP contribution in [0.25, 0.3) is 0 Å². The second-order valence-corrected chi connectivity index (χ2v) is 12.0. The minimum atomic E-state index is -0.707. The maximum absolute atomic E-state index is 13.0. The highest BCUT2D eigenvalue weighted by atomic mass is 16.5. The van der Waals surface area contributed by atoms with Gasteiger partial charge in [-0.05, 0) is 60.2 Å². The third kappa shape index (κ3) is 7.29. The van der Waals surface area contributed by atoms with Gasteiger partial charge in [-0.2, -0.15) is 0 Å². The zero-order chi connectivity index (χ0) is 30.6. The Bertz CT molecular complexity index is 1460. The lowest BCUT2D eigenvalue weighted by molar-refractivity contribution is 0.0303. The smallest absolute Gasteiger partial charge is 0.271 e. The van der Waals surface area contributed by atoms with Crippen molar-refractivity contribution in [3.8, 4) is 0 Å². The molecule has 2 aliphatic rings. The number of aromatic nitrogens is 2. The van der Waals surface area contributed by atoms with Gasteiger partial charge in [-0.15, -0.1) is 0 Å². The van der Waals surface area contributed by atoms with E-state index in [1.54, 1.807) is 29.2 Å². The van der Waals surface area contributed by atoms with Crippen molar-refractivity contribution in [2.45, 2.75) is 45.1 Å². The summed E-state index contributed by atoms with van der Waals surface area (Å²) >= 11 is 0. The minimum absolute atomic E-state index is 0.0118. The van der Waals surface area contributed by atoms with E-state index in [1.165, 1.54) is 11.8 Å². The molecule has 1 atom stereocenters. The van der Waals surface area contributed by atoms with Crippen LogP contribution < -0.4 is 21.3 Å². The van der Waals surface area contributed by atoms with E-state index in [2.05, 4.69) is 36.4 Å². The average molecular weight is 586 g/mol. The molecule has 3 aromatic rings. The van der Waals surface area contributed by atoms with Gasteiger partial charge in [-0.25, -0.2) is 9.97 Å². The molecule has 2 fully saturated rings. The molecule has 11 nitrogen and oxygen atoms in total. The maximum atomic E-state index is 13.0. The SMILES string of the molecule is CC(C)(C)c1ccc(C(=O)N[C@@H]2CCCN(c3cnc(C(N)=O)c(Nc4ccc(C(=O)N5CCOCC5)cc4)n3)C2)cc1. The lowest BCUT2D eigenvalue weighted by Gasteiger charge is -2.34. The van der Waals surface area contributed by atoms with Crippen molar-refractivity contribution in [1.29, 1.82) is 0 Å². The topological polar surface area (TPSA) is 143 Å². The first kappa shape index (κ1) is 30.0. The van der Waals surface area contributed by atoms with Gasteiger partial charge in [0.1, 0.15) is 5.82 Å². The Morgan fingerprint density at radius 2 is 1.63 bits per heavy atom. The average Bonchev–Trinajstić information content (AvgIpc) is 3.01. The van der Waals surface area contributed by atoms with Crippen LogP contribution >= 0.6 is 0 Å². The Morgan fingerprint density at radius 3 is 2.28 bits per heavy atom. The number of nitrogens with one attached hydrogen (secondary N) is 2. The lowest BCUT2D eigenvalue weighted by Crippen LogP contribution is -2.48. The van der Waals surface area contributed by atoms with Crippen LogP contribution in [0.5, 0.6) is 0 Å². The summed E-state index contributed by atoms with van der Waals surface area (Å²) in [6, 6.07) is 14.6. The summed E-state index contributed by atoms with van der Waals surface area (Å²) in [4.78, 5) is 50.8. The Hall–Kier alpha value is -4.51. The predicted octanol–water partition coefficient (Wildman–Crippen LogP) is 3.49. The number of carbonyl (C=O) groups excluding carboxylic acids is 3. The molecule has 0 aliphatic carbocycles. The molecule has 0 unspecified atom stereocenters. The van der Waals surface area contributed by atoms with Crippen molar-refractivity contribution < 1.29 is 19.1 Å². The number of ether oxygens (including phenoxy) is 1. The van der Waals surface area contributed by atoms with Crippen molar-refractivity contribution in [2.75, 3.05) is 49.6 Å². The monoisotopic (exact) mass is 585 g/mol. The van der Waals surface area contributed by atoms with Crippen molar-refractivity contribution in [3.05, 3.63) is 77.1 Å². The zero-order valence-electron chi connectivity index (χ0n) is 24.9. The molecule has 2 saturated heterocycles. The number of anilines is 3. The number of carbonyl (C=O) groups is 3. The van der Waals surface area contributed by atoms with E-state index >= 15 is 0 Å². The van der Waals surface area contributed by atoms with E-state index in [-0.39, 0.29) is 34.8 Å². The van der Waals surface area contributed by atoms with E-state index in [0.29, 0.717) is 55.5 Å². The van der Waals surface area contributed by atoms with Gasteiger partial charge in [0.2, 0.25) is 0 Å². The van der Waals surface area contributed by atoms with Crippen LogP contribution in [0.1, 0.15) is 70.4 Å². The Kier molecular flexibility index (Phi) is 8.91. The number of benzene rings is 2. The summed E-state index contributed by atoms with van der Waals surface area (Å²) < 4.78 is 5.33. The van der Waals surface area contributed by atoms with Crippen LogP contribution in [0.3, 0.4) is 0 Å². The van der Waals surface area contributed by atoms with Crippen LogP contribution in [0.15, 0.2) is 54.7 Å². The maximum Gasteiger partial charge on any atom is 0.271 e. The molecule has 226 valence electrons. The van der Waals surface area contributed by atoms with E-state index in [0.717, 1.165) is 19.4 Å². The van der Waals surface area contributed by atoms with Gasteiger partial charge in [-0.3, -0.25) is 14.4 Å². The summed E-state index contributed by atoms with van der Waals surface area (Å²) in [7, 11) is 0. The highest BCUT2D eigenvalue weighted by molar-refractivity contribution is 5.97. The van der Waals surface area contributed by atoms with Gasteiger partial charge in [0.25, 0.3) is 17.7 Å². The first-order chi connectivity index (χ1) is 20.6. The number of nitrogens with zero attached hydrogens (tertiary/aromatic N) is 4. The second-order valence-electron chi connectivity index (χ2n) is 12.0. The standard InChI is InChI=1S/C32H39N7O4/c1-32(2,3)23-10-6-21(7-11-23)30(41)36-25-5-4-14-39(20-25)26-19-34-27(28(33)40)29(37-26)35-24-12-8-22(9-13-24)31(42)38-15-17-43-18-16-38/h6-13,19,25H,4-5,14-18,20H2,1-3H3,(H2,33,40)(H,35,37)(H,36,41)/t25-/m1/s1. The quantitative estimate of drug-likeness (QED) is 0.383. The van der Waals surface area contributed by atoms with Crippen molar-refractivity contribution in [1.82, 2.24) is 20.2 Å². The number of nitrogens with two attached hydrogens (primary N) is 1. The number of hydrogen-bond donors (Lipinski definition) is 3. The normalized spacial score (nSPS) is 17.3. The van der Waals surface area contributed by atoms with Crippen molar-refractivity contribution in [3.63, 3.8) is 0 Å². The molecule has 0 saturated carbocycles. The molecule has 4 N–H and O–H groups in total. The molecule has 5 rings (SSSR count). The number of morpholine rings is 1. The number of hydrogen-bond acceptors (Lipinski definition) is 8. The molecule has 0 radical (unpaired) electrons. The number of piperidine rings is 1. The molecule has 0 spiro atoms. The Balaban J connectivity index is 1.26. The number of amides is 3. The fourth-order valence-electron chi connectivity index (χ4n) is 5.27. The molecule has 3 heterocycles. The van der Waals surface area contributed by atoms with Gasteiger partial charge in [0, 0.05) is 49.0 Å². The lowest BCUT2D eigenvalue weighted by atomic mass is 9.86. The molecule has 11 heteroatoms. The molecule has 1 aromatic heterocycles. The van der Waals surface area contributed by atoms with Gasteiger partial charge in [-0.1, -0.05) is 32.9 Å². The molecule has 0 bridgehead atoms. The van der Waals surface area contributed by atoms with E-state index in [4.69, 9.17) is 15.5 Å². The first-order valence-electron chi connectivity index (χ1n) is 14.7. The summed E-state index contributed by atoms with van der Waals surface area (Å²) in [5, 5.41) is 6.30. The van der Waals surface area contributed by atoms with Crippen molar-refractivity contribution in [2.24, 2.45) is 5.73 Å². The number of rotatable bonds is 7. The molecule has 3 amide bonds. The van der Waals surface area contributed by atoms with Crippen LogP contribution in [-0.2, 0) is 10.2 Å². The van der Waals surface area contributed by atoms with Crippen LogP contribution in [0.2, 0.25) is 0 Å². The predicted molar refractivity (Wildman–Crippen MR) is 165 cm³/mol. The largest absolute Gasteiger partial charge is 0.378 e. The third-order valence-corrected chi connectivity index (χ3v) is 7.78. The van der Waals surface area contributed by atoms with Crippen LogP contribution in [0, 0.1) is 0 Å². The number of primary amides is 1. The van der Waals surface area contributed by atoms with E-state index < -0.39 is 5.91 Å². The Morgan fingerprint density at radius 1 is 0.953 bits per heavy atom. The van der Waals surface area contributed by atoms with E-state index in [9.17, 15) is 14.4 Å². The molecular weight excluding hydrogens is 546 g/mol. The summed E-state index contributed by atoms with van der Waals surface area (Å²) in [6.45, 7) is 9.91.